The Kier molecular flexibility index (Phi) is 7.04. The summed E-state index contributed by atoms with van der Waals surface area (Å²) in [6, 6.07) is 16.3. The summed E-state index contributed by atoms with van der Waals surface area (Å²) in [6.45, 7) is 6.41. The lowest BCUT2D eigenvalue weighted by Gasteiger charge is -2.43. The van der Waals surface area contributed by atoms with Crippen LogP contribution in [0.1, 0.15) is 43.1 Å². The standard InChI is InChI=1S/C34H35N3O6/c1-20-10-9-13-28(41-5)30(20)36-19-25-22(16-17-26-31(25)37(36)33(39)34(2,3)35-26)23-15-14-21(18-29(23)42-6)43-32(38)24-11-7-8-12-27(24)40-4/h7-9,11-18,20,35H,10,19H2,1-6H3. The number of anilines is 2. The van der Waals surface area contributed by atoms with Crippen LogP contribution in [0.2, 0.25) is 0 Å². The Morgan fingerprint density at radius 2 is 1.70 bits per heavy atom. The molecule has 0 fully saturated rings. The summed E-state index contributed by atoms with van der Waals surface area (Å²) < 4.78 is 22.6. The highest BCUT2D eigenvalue weighted by Crippen LogP contribution is 2.51. The van der Waals surface area contributed by atoms with E-state index in [4.69, 9.17) is 18.9 Å². The number of carbonyl (C=O) groups is 2. The van der Waals surface area contributed by atoms with Crippen molar-refractivity contribution in [3.8, 4) is 28.4 Å². The van der Waals surface area contributed by atoms with Gasteiger partial charge in [0.25, 0.3) is 5.91 Å². The Morgan fingerprint density at radius 1 is 0.953 bits per heavy atom. The van der Waals surface area contributed by atoms with Gasteiger partial charge in [0.05, 0.1) is 44.9 Å². The van der Waals surface area contributed by atoms with E-state index in [9.17, 15) is 9.59 Å². The number of hydrazine groups is 1. The minimum atomic E-state index is -0.805. The van der Waals surface area contributed by atoms with Gasteiger partial charge in [-0.05, 0) is 62.2 Å². The Hall–Kier alpha value is -4.92. The van der Waals surface area contributed by atoms with E-state index in [-0.39, 0.29) is 11.8 Å². The molecule has 2 heterocycles. The van der Waals surface area contributed by atoms with Crippen molar-refractivity contribution in [1.82, 2.24) is 5.01 Å². The van der Waals surface area contributed by atoms with Gasteiger partial charge in [-0.1, -0.05) is 31.2 Å². The van der Waals surface area contributed by atoms with Gasteiger partial charge in [-0.2, -0.15) is 0 Å². The topological polar surface area (TPSA) is 89.6 Å². The maximum Gasteiger partial charge on any atom is 0.347 e. The van der Waals surface area contributed by atoms with Gasteiger partial charge in [0.15, 0.2) is 0 Å². The Bertz CT molecular complexity index is 1690. The Labute approximate surface area is 251 Å². The Balaban J connectivity index is 1.42. The molecule has 6 rings (SSSR count). The summed E-state index contributed by atoms with van der Waals surface area (Å²) in [5, 5.41) is 7.31. The molecule has 3 aromatic rings. The number of methoxy groups -OCH3 is 3. The van der Waals surface area contributed by atoms with Crippen LogP contribution < -0.4 is 24.5 Å². The van der Waals surface area contributed by atoms with Crippen LogP contribution >= 0.6 is 0 Å². The van der Waals surface area contributed by atoms with Crippen LogP contribution in [-0.4, -0.2) is 43.8 Å². The largest absolute Gasteiger partial charge is 0.496 e. The van der Waals surface area contributed by atoms with Crippen molar-refractivity contribution in [2.45, 2.75) is 39.3 Å². The molecule has 0 spiro atoms. The lowest BCUT2D eigenvalue weighted by molar-refractivity contribution is -0.124. The first-order valence-electron chi connectivity index (χ1n) is 14.2. The molecule has 9 heteroatoms. The average molecular weight is 582 g/mol. The first-order valence-corrected chi connectivity index (χ1v) is 14.2. The first kappa shape index (κ1) is 28.2. The normalized spacial score (nSPS) is 18.3. The van der Waals surface area contributed by atoms with E-state index in [1.807, 2.05) is 43.1 Å². The van der Waals surface area contributed by atoms with Crippen LogP contribution in [0.4, 0.5) is 11.4 Å². The van der Waals surface area contributed by atoms with E-state index >= 15 is 0 Å². The summed E-state index contributed by atoms with van der Waals surface area (Å²) >= 11 is 0. The van der Waals surface area contributed by atoms with Crippen LogP contribution in [0.5, 0.6) is 17.2 Å². The maximum absolute atomic E-state index is 14.0. The number of nitrogens with one attached hydrogen (secondary N) is 1. The van der Waals surface area contributed by atoms with Crippen molar-refractivity contribution < 1.29 is 28.5 Å². The number of hydrogen-bond donors (Lipinski definition) is 1. The number of ether oxygens (including phenoxy) is 4. The predicted molar refractivity (Wildman–Crippen MR) is 164 cm³/mol. The van der Waals surface area contributed by atoms with Crippen LogP contribution in [0.25, 0.3) is 11.1 Å². The molecule has 9 nitrogen and oxygen atoms in total. The minimum absolute atomic E-state index is 0.0498. The molecule has 1 amide bonds. The molecule has 0 aromatic heterocycles. The molecule has 43 heavy (non-hydrogen) atoms. The molecule has 1 unspecified atom stereocenters. The second-order valence-electron chi connectivity index (χ2n) is 11.4. The monoisotopic (exact) mass is 581 g/mol. The SMILES string of the molecule is COC1=C(N2Cc3c(-c4ccc(OC(=O)c5ccccc5OC)cc4OC)ccc4c3N2C(=O)C(C)(C)N4)C(C)CC=C1. The lowest BCUT2D eigenvalue weighted by atomic mass is 9.93. The van der Waals surface area contributed by atoms with Crippen molar-refractivity contribution in [3.63, 3.8) is 0 Å². The van der Waals surface area contributed by atoms with Gasteiger partial charge in [-0.25, -0.2) is 9.80 Å². The number of para-hydroxylation sites is 1. The number of rotatable bonds is 7. The van der Waals surface area contributed by atoms with Crippen LogP contribution in [0, 0.1) is 5.92 Å². The fourth-order valence-electron chi connectivity index (χ4n) is 6.10. The third-order valence-electron chi connectivity index (χ3n) is 8.19. The van der Waals surface area contributed by atoms with Gasteiger partial charge in [0.2, 0.25) is 0 Å². The smallest absolute Gasteiger partial charge is 0.347 e. The van der Waals surface area contributed by atoms with E-state index < -0.39 is 11.5 Å². The van der Waals surface area contributed by atoms with Crippen molar-refractivity contribution in [2.75, 3.05) is 31.7 Å². The third kappa shape index (κ3) is 4.65. The fourth-order valence-corrected chi connectivity index (χ4v) is 6.10. The van der Waals surface area contributed by atoms with Gasteiger partial charge in [0, 0.05) is 23.1 Å². The zero-order valence-corrected chi connectivity index (χ0v) is 25.2. The molecule has 222 valence electrons. The highest BCUT2D eigenvalue weighted by atomic mass is 16.5. The van der Waals surface area contributed by atoms with E-state index in [0.29, 0.717) is 29.4 Å². The second-order valence-corrected chi connectivity index (χ2v) is 11.4. The molecule has 3 aromatic carbocycles. The summed E-state index contributed by atoms with van der Waals surface area (Å²) in [7, 11) is 4.76. The van der Waals surface area contributed by atoms with Crippen molar-refractivity contribution >= 4 is 23.3 Å². The molecular weight excluding hydrogens is 546 g/mol. The van der Waals surface area contributed by atoms with Gasteiger partial charge in [-0.15, -0.1) is 0 Å². The zero-order valence-electron chi connectivity index (χ0n) is 25.2. The molecule has 1 atom stereocenters. The molecule has 1 aliphatic carbocycles. The molecule has 0 saturated carbocycles. The molecule has 1 N–H and O–H groups in total. The van der Waals surface area contributed by atoms with Gasteiger partial charge in [0.1, 0.15) is 34.1 Å². The van der Waals surface area contributed by atoms with E-state index in [1.165, 1.54) is 7.11 Å². The molecule has 2 aliphatic heterocycles. The lowest BCUT2D eigenvalue weighted by Crippen LogP contribution is -2.57. The molecule has 0 saturated heterocycles. The van der Waals surface area contributed by atoms with Gasteiger partial charge in [-0.3, -0.25) is 9.80 Å². The number of allylic oxidation sites excluding steroid dienone is 3. The predicted octanol–water partition coefficient (Wildman–Crippen LogP) is 6.31. The third-order valence-corrected chi connectivity index (χ3v) is 8.19. The number of amides is 1. The van der Waals surface area contributed by atoms with Crippen molar-refractivity contribution in [1.29, 1.82) is 0 Å². The molecular formula is C34H35N3O6. The van der Waals surface area contributed by atoms with Gasteiger partial charge < -0.3 is 24.3 Å². The quantitative estimate of drug-likeness (QED) is 0.257. The highest BCUT2D eigenvalue weighted by molar-refractivity contribution is 6.10. The first-order chi connectivity index (χ1) is 20.7. The van der Waals surface area contributed by atoms with E-state index in [2.05, 4.69) is 23.3 Å². The molecule has 3 aliphatic rings. The highest BCUT2D eigenvalue weighted by Gasteiger charge is 2.48. The van der Waals surface area contributed by atoms with E-state index in [0.717, 1.165) is 45.9 Å². The van der Waals surface area contributed by atoms with Gasteiger partial charge >= 0.3 is 5.97 Å². The van der Waals surface area contributed by atoms with Crippen LogP contribution in [-0.2, 0) is 16.1 Å². The van der Waals surface area contributed by atoms with Crippen molar-refractivity contribution in [3.05, 3.63) is 89.3 Å². The maximum atomic E-state index is 14.0. The number of nitrogens with zero attached hydrogens (tertiary/aromatic N) is 2. The Morgan fingerprint density at radius 3 is 2.44 bits per heavy atom. The minimum Gasteiger partial charge on any atom is -0.496 e. The average Bonchev–Trinajstić information content (AvgIpc) is 3.40. The van der Waals surface area contributed by atoms with Crippen molar-refractivity contribution in [2.24, 2.45) is 5.92 Å². The van der Waals surface area contributed by atoms with E-state index in [1.54, 1.807) is 50.6 Å². The number of hydrogen-bond acceptors (Lipinski definition) is 8. The number of esters is 1. The number of carbonyl (C=O) groups excluding carboxylic acids is 2. The summed E-state index contributed by atoms with van der Waals surface area (Å²) in [6.07, 6.45) is 4.93. The zero-order chi connectivity index (χ0) is 30.5. The number of benzene rings is 3. The second kappa shape index (κ2) is 10.7. The fraction of sp³-hybridized carbons (Fsp3) is 0.294. The summed E-state index contributed by atoms with van der Waals surface area (Å²) in [5.41, 5.74) is 4.90. The van der Waals surface area contributed by atoms with Crippen LogP contribution in [0.3, 0.4) is 0 Å². The molecule has 0 radical (unpaired) electrons. The summed E-state index contributed by atoms with van der Waals surface area (Å²) in [5.74, 6) is 1.62. The summed E-state index contributed by atoms with van der Waals surface area (Å²) in [4.78, 5) is 26.9. The molecule has 0 bridgehead atoms. The van der Waals surface area contributed by atoms with Crippen LogP contribution in [0.15, 0.2) is 78.2 Å².